The Balaban J connectivity index is 2.16. The van der Waals surface area contributed by atoms with E-state index in [1.165, 1.54) is 13.3 Å². The largest absolute Gasteiger partial charge is 0.465 e. The lowest BCUT2D eigenvalue weighted by molar-refractivity contribution is 0.0600. The van der Waals surface area contributed by atoms with Crippen molar-refractivity contribution in [3.8, 4) is 0 Å². The molecule has 6 heteroatoms. The smallest absolute Gasteiger partial charge is 0.339 e. The first-order chi connectivity index (χ1) is 8.61. The molecule has 0 aliphatic heterocycles. The molecule has 0 saturated carbocycles. The Morgan fingerprint density at radius 3 is 2.72 bits per heavy atom. The number of carbonyl (C=O) groups is 1. The average molecular weight is 266 g/mol. The summed E-state index contributed by atoms with van der Waals surface area (Å²) >= 11 is 5.92. The van der Waals surface area contributed by atoms with E-state index in [1.807, 2.05) is 6.92 Å². The summed E-state index contributed by atoms with van der Waals surface area (Å²) < 4.78 is 6.36. The van der Waals surface area contributed by atoms with Gasteiger partial charge in [0, 0.05) is 6.20 Å². The Bertz CT molecular complexity index is 563. The summed E-state index contributed by atoms with van der Waals surface area (Å²) in [5, 5.41) is 4.76. The third-order valence-electron chi connectivity index (χ3n) is 2.60. The second-order valence-corrected chi connectivity index (χ2v) is 4.17. The first-order valence-electron chi connectivity index (χ1n) is 5.33. The van der Waals surface area contributed by atoms with Gasteiger partial charge in [0.1, 0.15) is 0 Å². The third-order valence-corrected chi connectivity index (χ3v) is 2.97. The molecular weight excluding hydrogens is 254 g/mol. The van der Waals surface area contributed by atoms with Gasteiger partial charge >= 0.3 is 5.97 Å². The van der Waals surface area contributed by atoms with E-state index in [0.29, 0.717) is 17.1 Å². The fourth-order valence-corrected chi connectivity index (χ4v) is 1.63. The number of rotatable bonds is 3. The molecule has 0 atom stereocenters. The summed E-state index contributed by atoms with van der Waals surface area (Å²) in [6, 6.07) is 3.44. The lowest BCUT2D eigenvalue weighted by Gasteiger charge is -2.04. The van der Waals surface area contributed by atoms with Crippen molar-refractivity contribution in [2.75, 3.05) is 7.11 Å². The Kier molecular flexibility index (Phi) is 3.62. The van der Waals surface area contributed by atoms with Gasteiger partial charge < -0.3 is 4.74 Å². The van der Waals surface area contributed by atoms with Gasteiger partial charge in [-0.2, -0.15) is 5.10 Å². The monoisotopic (exact) mass is 265 g/mol. The predicted octanol–water partition coefficient (Wildman–Crippen LogP) is 2.07. The van der Waals surface area contributed by atoms with E-state index in [-0.39, 0.29) is 0 Å². The molecule has 18 heavy (non-hydrogen) atoms. The van der Waals surface area contributed by atoms with Crippen LogP contribution in [0.3, 0.4) is 0 Å². The first-order valence-corrected chi connectivity index (χ1v) is 5.70. The highest BCUT2D eigenvalue weighted by Gasteiger charge is 2.08. The highest BCUT2D eigenvalue weighted by atomic mass is 35.5. The van der Waals surface area contributed by atoms with Gasteiger partial charge in [0.25, 0.3) is 0 Å². The van der Waals surface area contributed by atoms with Gasteiger partial charge in [-0.25, -0.2) is 4.79 Å². The summed E-state index contributed by atoms with van der Waals surface area (Å²) in [7, 11) is 1.34. The molecule has 0 bridgehead atoms. The SMILES string of the molecule is COC(=O)c1ccc(Cn2ncc(Cl)c2C)nc1. The molecule has 2 rings (SSSR count). The highest BCUT2D eigenvalue weighted by molar-refractivity contribution is 6.31. The number of hydrogen-bond acceptors (Lipinski definition) is 4. The van der Waals surface area contributed by atoms with E-state index in [9.17, 15) is 4.79 Å². The Hall–Kier alpha value is -1.88. The normalized spacial score (nSPS) is 10.4. The molecular formula is C12H12ClN3O2. The zero-order valence-corrected chi connectivity index (χ0v) is 10.8. The molecule has 0 spiro atoms. The van der Waals surface area contributed by atoms with Crippen LogP contribution in [0.25, 0.3) is 0 Å². The second-order valence-electron chi connectivity index (χ2n) is 3.77. The van der Waals surface area contributed by atoms with Crippen molar-refractivity contribution in [2.24, 2.45) is 0 Å². The van der Waals surface area contributed by atoms with Gasteiger partial charge in [0.05, 0.1) is 41.8 Å². The van der Waals surface area contributed by atoms with Crippen molar-refractivity contribution < 1.29 is 9.53 Å². The molecule has 0 N–H and O–H groups in total. The molecule has 0 unspecified atom stereocenters. The van der Waals surface area contributed by atoms with Gasteiger partial charge in [-0.05, 0) is 19.1 Å². The van der Waals surface area contributed by atoms with Gasteiger partial charge in [-0.1, -0.05) is 11.6 Å². The molecule has 0 amide bonds. The van der Waals surface area contributed by atoms with E-state index in [0.717, 1.165) is 11.4 Å². The zero-order valence-electron chi connectivity index (χ0n) is 10.1. The summed E-state index contributed by atoms with van der Waals surface area (Å²) in [4.78, 5) is 15.4. The minimum atomic E-state index is -0.396. The molecule has 0 fully saturated rings. The molecule has 2 aromatic heterocycles. The van der Waals surface area contributed by atoms with Crippen LogP contribution in [-0.2, 0) is 11.3 Å². The van der Waals surface area contributed by atoms with E-state index in [1.54, 1.807) is 23.0 Å². The van der Waals surface area contributed by atoms with Crippen molar-refractivity contribution in [2.45, 2.75) is 13.5 Å². The summed E-state index contributed by atoms with van der Waals surface area (Å²) in [5.74, 6) is -0.396. The van der Waals surface area contributed by atoms with E-state index < -0.39 is 5.97 Å². The maximum Gasteiger partial charge on any atom is 0.339 e. The van der Waals surface area contributed by atoms with Crippen LogP contribution in [0.15, 0.2) is 24.5 Å². The molecule has 5 nitrogen and oxygen atoms in total. The van der Waals surface area contributed by atoms with E-state index >= 15 is 0 Å². The quantitative estimate of drug-likeness (QED) is 0.798. The summed E-state index contributed by atoms with van der Waals surface area (Å²) in [6.07, 6.45) is 3.08. The average Bonchev–Trinajstić information content (AvgIpc) is 2.71. The number of pyridine rings is 1. The number of carbonyl (C=O) groups excluding carboxylic acids is 1. The minimum absolute atomic E-state index is 0.396. The maximum absolute atomic E-state index is 11.2. The summed E-state index contributed by atoms with van der Waals surface area (Å²) in [5.41, 5.74) is 2.11. The minimum Gasteiger partial charge on any atom is -0.465 e. The number of methoxy groups -OCH3 is 1. The van der Waals surface area contributed by atoms with Crippen molar-refractivity contribution in [3.63, 3.8) is 0 Å². The Morgan fingerprint density at radius 1 is 1.44 bits per heavy atom. The highest BCUT2D eigenvalue weighted by Crippen LogP contribution is 2.14. The van der Waals surface area contributed by atoms with Gasteiger partial charge in [-0.3, -0.25) is 9.67 Å². The third kappa shape index (κ3) is 2.51. The topological polar surface area (TPSA) is 57.0 Å². The van der Waals surface area contributed by atoms with Crippen molar-refractivity contribution in [1.82, 2.24) is 14.8 Å². The van der Waals surface area contributed by atoms with Crippen LogP contribution in [0.4, 0.5) is 0 Å². The Morgan fingerprint density at radius 2 is 2.22 bits per heavy atom. The van der Waals surface area contributed by atoms with E-state index in [4.69, 9.17) is 11.6 Å². The number of ether oxygens (including phenoxy) is 1. The lowest BCUT2D eigenvalue weighted by atomic mass is 10.2. The van der Waals surface area contributed by atoms with Crippen molar-refractivity contribution >= 4 is 17.6 Å². The van der Waals surface area contributed by atoms with Crippen LogP contribution in [0.5, 0.6) is 0 Å². The molecule has 0 radical (unpaired) electrons. The van der Waals surface area contributed by atoms with Crippen LogP contribution in [0.2, 0.25) is 5.02 Å². The number of esters is 1. The molecule has 2 aromatic rings. The molecule has 94 valence electrons. The number of halogens is 1. The van der Waals surface area contributed by atoms with E-state index in [2.05, 4.69) is 14.8 Å². The van der Waals surface area contributed by atoms with Gasteiger partial charge in [0.15, 0.2) is 0 Å². The molecule has 0 saturated heterocycles. The van der Waals surface area contributed by atoms with Crippen LogP contribution in [-0.4, -0.2) is 27.8 Å². The number of nitrogens with zero attached hydrogens (tertiary/aromatic N) is 3. The maximum atomic E-state index is 11.2. The lowest BCUT2D eigenvalue weighted by Crippen LogP contribution is -2.07. The van der Waals surface area contributed by atoms with Crippen LogP contribution in [0, 0.1) is 6.92 Å². The fraction of sp³-hybridized carbons (Fsp3) is 0.250. The predicted molar refractivity (Wildman–Crippen MR) is 66.7 cm³/mol. The second kappa shape index (κ2) is 5.18. The standard InChI is InChI=1S/C12H12ClN3O2/c1-8-11(13)6-15-16(8)7-10-4-3-9(5-14-10)12(17)18-2/h3-6H,7H2,1-2H3. The fourth-order valence-electron chi connectivity index (χ4n) is 1.49. The zero-order chi connectivity index (χ0) is 13.1. The van der Waals surface area contributed by atoms with Crippen LogP contribution >= 0.6 is 11.6 Å². The first kappa shape index (κ1) is 12.6. The Labute approximate surface area is 109 Å². The number of hydrogen-bond donors (Lipinski definition) is 0. The molecule has 0 aliphatic rings. The molecule has 0 aliphatic carbocycles. The molecule has 0 aromatic carbocycles. The van der Waals surface area contributed by atoms with Gasteiger partial charge in [-0.15, -0.1) is 0 Å². The van der Waals surface area contributed by atoms with Crippen LogP contribution in [0.1, 0.15) is 21.7 Å². The van der Waals surface area contributed by atoms with Crippen molar-refractivity contribution in [3.05, 3.63) is 46.5 Å². The van der Waals surface area contributed by atoms with Crippen molar-refractivity contribution in [1.29, 1.82) is 0 Å². The van der Waals surface area contributed by atoms with Gasteiger partial charge in [0.2, 0.25) is 0 Å². The molecule has 2 heterocycles. The van der Waals surface area contributed by atoms with Crippen LogP contribution < -0.4 is 0 Å². The number of aromatic nitrogens is 3. The summed E-state index contributed by atoms with van der Waals surface area (Å²) in [6.45, 7) is 2.40.